The summed E-state index contributed by atoms with van der Waals surface area (Å²) in [6, 6.07) is 12.6. The van der Waals surface area contributed by atoms with Crippen LogP contribution in [0.25, 0.3) is 17.0 Å². The maximum Gasteiger partial charge on any atom is 0.258 e. The first kappa shape index (κ1) is 20.3. The van der Waals surface area contributed by atoms with E-state index in [4.69, 9.17) is 11.6 Å². The number of aromatic amines is 1. The normalized spacial score (nSPS) is 11.2. The average molecular weight is 461 g/mol. The van der Waals surface area contributed by atoms with Crippen LogP contribution in [-0.4, -0.2) is 27.3 Å². The van der Waals surface area contributed by atoms with Crippen LogP contribution >= 0.6 is 27.5 Å². The number of benzene rings is 2. The summed E-state index contributed by atoms with van der Waals surface area (Å²) in [5.74, 6) is 0.285. The van der Waals surface area contributed by atoms with Gasteiger partial charge < -0.3 is 9.88 Å². The number of hydrogen-bond donors (Lipinski definition) is 1. The molecule has 0 aliphatic rings. The molecule has 0 saturated heterocycles. The SMILES string of the molecule is CCCN(Cc1nc2cc(Cl)ccc2c(=O)[nH]1)C(=O)/C=C/c1cccc(Br)c1. The molecule has 0 fully saturated rings. The van der Waals surface area contributed by atoms with Gasteiger partial charge in [0, 0.05) is 22.1 Å². The number of amides is 1. The van der Waals surface area contributed by atoms with Crippen molar-refractivity contribution in [3.8, 4) is 0 Å². The highest BCUT2D eigenvalue weighted by Crippen LogP contribution is 2.16. The Bertz CT molecular complexity index is 1090. The van der Waals surface area contributed by atoms with Crippen molar-refractivity contribution >= 4 is 50.4 Å². The Labute approximate surface area is 176 Å². The van der Waals surface area contributed by atoms with Gasteiger partial charge in [-0.2, -0.15) is 0 Å². The van der Waals surface area contributed by atoms with Crippen molar-refractivity contribution in [3.63, 3.8) is 0 Å². The van der Waals surface area contributed by atoms with Gasteiger partial charge in [-0.3, -0.25) is 9.59 Å². The predicted molar refractivity (Wildman–Crippen MR) is 116 cm³/mol. The van der Waals surface area contributed by atoms with Crippen LogP contribution < -0.4 is 5.56 Å². The number of H-pyrrole nitrogens is 1. The summed E-state index contributed by atoms with van der Waals surface area (Å²) in [6.45, 7) is 2.76. The lowest BCUT2D eigenvalue weighted by Crippen LogP contribution is -2.31. The lowest BCUT2D eigenvalue weighted by molar-refractivity contribution is -0.126. The summed E-state index contributed by atoms with van der Waals surface area (Å²) in [7, 11) is 0. The Morgan fingerprint density at radius 2 is 2.11 bits per heavy atom. The molecule has 28 heavy (non-hydrogen) atoms. The first-order valence-electron chi connectivity index (χ1n) is 8.87. The molecule has 1 amide bonds. The van der Waals surface area contributed by atoms with Gasteiger partial charge >= 0.3 is 0 Å². The maximum absolute atomic E-state index is 12.7. The number of nitrogens with one attached hydrogen (secondary N) is 1. The smallest absolute Gasteiger partial charge is 0.258 e. The number of carbonyl (C=O) groups excluding carboxylic acids is 1. The fourth-order valence-electron chi connectivity index (χ4n) is 2.84. The monoisotopic (exact) mass is 459 g/mol. The van der Waals surface area contributed by atoms with E-state index in [9.17, 15) is 9.59 Å². The molecule has 0 aliphatic heterocycles. The number of hydrogen-bond acceptors (Lipinski definition) is 3. The molecule has 1 aromatic heterocycles. The molecule has 0 radical (unpaired) electrons. The van der Waals surface area contributed by atoms with Crippen LogP contribution in [0.1, 0.15) is 24.7 Å². The first-order chi connectivity index (χ1) is 13.5. The Hall–Kier alpha value is -2.44. The fraction of sp³-hybridized carbons (Fsp3) is 0.190. The summed E-state index contributed by atoms with van der Waals surface area (Å²) in [6.07, 6.45) is 4.10. The van der Waals surface area contributed by atoms with Crippen molar-refractivity contribution in [2.75, 3.05) is 6.54 Å². The summed E-state index contributed by atoms with van der Waals surface area (Å²) in [5, 5.41) is 0.978. The molecule has 144 valence electrons. The Kier molecular flexibility index (Phi) is 6.65. The van der Waals surface area contributed by atoms with E-state index in [2.05, 4.69) is 25.9 Å². The quantitative estimate of drug-likeness (QED) is 0.538. The molecular formula is C21H19BrClN3O2. The lowest BCUT2D eigenvalue weighted by Gasteiger charge is -2.20. The van der Waals surface area contributed by atoms with E-state index < -0.39 is 0 Å². The summed E-state index contributed by atoms with van der Waals surface area (Å²) < 4.78 is 0.948. The van der Waals surface area contributed by atoms with Crippen molar-refractivity contribution in [1.82, 2.24) is 14.9 Å². The van der Waals surface area contributed by atoms with E-state index in [1.54, 1.807) is 29.2 Å². The molecule has 0 bridgehead atoms. The minimum Gasteiger partial charge on any atom is -0.332 e. The minimum absolute atomic E-state index is 0.143. The first-order valence-corrected chi connectivity index (χ1v) is 10.0. The number of carbonyl (C=O) groups is 1. The second-order valence-corrected chi connectivity index (χ2v) is 7.67. The van der Waals surface area contributed by atoms with Gasteiger partial charge in [0.2, 0.25) is 5.91 Å². The lowest BCUT2D eigenvalue weighted by atomic mass is 10.2. The second-order valence-electron chi connectivity index (χ2n) is 6.32. The molecule has 3 rings (SSSR count). The molecule has 2 aromatic carbocycles. The summed E-state index contributed by atoms with van der Waals surface area (Å²) >= 11 is 9.43. The van der Waals surface area contributed by atoms with Gasteiger partial charge in [0.25, 0.3) is 5.56 Å². The third kappa shape index (κ3) is 5.09. The van der Waals surface area contributed by atoms with Gasteiger partial charge in [0.1, 0.15) is 5.82 Å². The topological polar surface area (TPSA) is 66.1 Å². The fourth-order valence-corrected chi connectivity index (χ4v) is 3.42. The van der Waals surface area contributed by atoms with E-state index in [-0.39, 0.29) is 18.0 Å². The predicted octanol–water partition coefficient (Wildman–Crippen LogP) is 4.79. The van der Waals surface area contributed by atoms with Gasteiger partial charge in [-0.15, -0.1) is 0 Å². The molecule has 0 aliphatic carbocycles. The zero-order valence-electron chi connectivity index (χ0n) is 15.3. The van der Waals surface area contributed by atoms with E-state index >= 15 is 0 Å². The number of fused-ring (bicyclic) bond motifs is 1. The molecule has 7 heteroatoms. The van der Waals surface area contributed by atoms with Crippen LogP contribution in [0.5, 0.6) is 0 Å². The van der Waals surface area contributed by atoms with Crippen molar-refractivity contribution in [2.45, 2.75) is 19.9 Å². The highest BCUT2D eigenvalue weighted by Gasteiger charge is 2.13. The van der Waals surface area contributed by atoms with Crippen molar-refractivity contribution in [3.05, 3.63) is 79.8 Å². The van der Waals surface area contributed by atoms with Crippen LogP contribution in [0.4, 0.5) is 0 Å². The Morgan fingerprint density at radius 3 is 2.86 bits per heavy atom. The van der Waals surface area contributed by atoms with E-state index in [1.807, 2.05) is 31.2 Å². The molecule has 1 heterocycles. The van der Waals surface area contributed by atoms with E-state index in [0.29, 0.717) is 28.3 Å². The highest BCUT2D eigenvalue weighted by molar-refractivity contribution is 9.10. The van der Waals surface area contributed by atoms with Crippen molar-refractivity contribution < 1.29 is 4.79 Å². The van der Waals surface area contributed by atoms with Crippen LogP contribution in [0.15, 0.2) is 57.8 Å². The molecule has 1 N–H and O–H groups in total. The zero-order chi connectivity index (χ0) is 20.1. The molecular weight excluding hydrogens is 442 g/mol. The van der Waals surface area contributed by atoms with Crippen LogP contribution in [0.3, 0.4) is 0 Å². The van der Waals surface area contributed by atoms with Gasteiger partial charge in [-0.25, -0.2) is 4.98 Å². The van der Waals surface area contributed by atoms with Gasteiger partial charge in [-0.05, 0) is 48.4 Å². The largest absolute Gasteiger partial charge is 0.332 e. The third-order valence-electron chi connectivity index (χ3n) is 4.13. The van der Waals surface area contributed by atoms with E-state index in [0.717, 1.165) is 16.5 Å². The second kappa shape index (κ2) is 9.17. The number of halogens is 2. The van der Waals surface area contributed by atoms with Gasteiger partial charge in [-0.1, -0.05) is 46.6 Å². The number of nitrogens with zero attached hydrogens (tertiary/aromatic N) is 2. The van der Waals surface area contributed by atoms with Crippen molar-refractivity contribution in [2.24, 2.45) is 0 Å². The number of aromatic nitrogens is 2. The summed E-state index contributed by atoms with van der Waals surface area (Å²) in [4.78, 5) is 33.9. The molecule has 0 unspecified atom stereocenters. The summed E-state index contributed by atoms with van der Waals surface area (Å²) in [5.41, 5.74) is 1.19. The molecule has 0 spiro atoms. The van der Waals surface area contributed by atoms with E-state index in [1.165, 1.54) is 6.08 Å². The standard InChI is InChI=1S/C21H19BrClN3O2/c1-2-10-26(20(27)9-6-14-4-3-5-15(22)11-14)13-19-24-18-12-16(23)7-8-17(18)21(28)25-19/h3-9,11-12H,2,10,13H2,1H3,(H,24,25,28)/b9-6+. The molecule has 0 saturated carbocycles. The van der Waals surface area contributed by atoms with Crippen molar-refractivity contribution in [1.29, 1.82) is 0 Å². The van der Waals surface area contributed by atoms with Gasteiger partial charge in [0.05, 0.1) is 17.4 Å². The zero-order valence-corrected chi connectivity index (χ0v) is 17.6. The average Bonchev–Trinajstić information content (AvgIpc) is 2.65. The Morgan fingerprint density at radius 1 is 1.29 bits per heavy atom. The Balaban J connectivity index is 1.83. The highest BCUT2D eigenvalue weighted by atomic mass is 79.9. The maximum atomic E-state index is 12.7. The van der Waals surface area contributed by atoms with Gasteiger partial charge in [0.15, 0.2) is 0 Å². The third-order valence-corrected chi connectivity index (χ3v) is 4.86. The minimum atomic E-state index is -0.245. The molecule has 5 nitrogen and oxygen atoms in total. The molecule has 0 atom stereocenters. The van der Waals surface area contributed by atoms with Crippen LogP contribution in [-0.2, 0) is 11.3 Å². The van der Waals surface area contributed by atoms with Crippen LogP contribution in [0.2, 0.25) is 5.02 Å². The van der Waals surface area contributed by atoms with Crippen LogP contribution in [0, 0.1) is 0 Å². The number of rotatable bonds is 6. The molecule has 3 aromatic rings.